The molecule has 0 spiro atoms. The number of aryl methyl sites for hydroxylation is 2. The molecule has 1 heterocycles. The molecule has 1 aromatic heterocycles. The highest BCUT2D eigenvalue weighted by molar-refractivity contribution is 9.10. The van der Waals surface area contributed by atoms with Gasteiger partial charge in [0.1, 0.15) is 6.07 Å². The van der Waals surface area contributed by atoms with E-state index in [0.29, 0.717) is 5.56 Å². The molecule has 4 heteroatoms. The van der Waals surface area contributed by atoms with Gasteiger partial charge in [-0.3, -0.25) is 0 Å². The van der Waals surface area contributed by atoms with Crippen molar-refractivity contribution in [1.82, 2.24) is 0 Å². The predicted octanol–water partition coefficient (Wildman–Crippen LogP) is 4.61. The molecule has 0 aliphatic rings. The molecule has 0 fully saturated rings. The van der Waals surface area contributed by atoms with Gasteiger partial charge in [-0.15, -0.1) is 11.3 Å². The molecule has 0 radical (unpaired) electrons. The van der Waals surface area contributed by atoms with Crippen molar-refractivity contribution < 1.29 is 0 Å². The van der Waals surface area contributed by atoms with Crippen molar-refractivity contribution in [3.63, 3.8) is 0 Å². The molecule has 0 saturated carbocycles. The highest BCUT2D eigenvalue weighted by atomic mass is 79.9. The summed E-state index contributed by atoms with van der Waals surface area (Å²) in [6.07, 6.45) is 0. The van der Waals surface area contributed by atoms with Crippen molar-refractivity contribution in [3.05, 3.63) is 49.6 Å². The Kier molecular flexibility index (Phi) is 4.05. The number of rotatable bonds is 3. The zero-order valence-corrected chi connectivity index (χ0v) is 12.7. The highest BCUT2D eigenvalue weighted by Gasteiger charge is 2.06. The number of hydrogen-bond acceptors (Lipinski definition) is 3. The lowest BCUT2D eigenvalue weighted by molar-refractivity contribution is 1.18. The first-order valence-electron chi connectivity index (χ1n) is 5.60. The normalized spacial score (nSPS) is 10.1. The molecule has 1 aromatic carbocycles. The summed E-state index contributed by atoms with van der Waals surface area (Å²) in [4.78, 5) is 2.63. The quantitative estimate of drug-likeness (QED) is 0.896. The first-order chi connectivity index (χ1) is 8.61. The predicted molar refractivity (Wildman–Crippen MR) is 80.0 cm³/mol. The maximum atomic E-state index is 9.13. The van der Waals surface area contributed by atoms with E-state index in [4.69, 9.17) is 5.26 Å². The van der Waals surface area contributed by atoms with Gasteiger partial charge in [-0.2, -0.15) is 5.26 Å². The molecule has 2 nitrogen and oxygen atoms in total. The van der Waals surface area contributed by atoms with Crippen LogP contribution in [0.3, 0.4) is 0 Å². The number of nitriles is 1. The van der Waals surface area contributed by atoms with Crippen LogP contribution in [0.25, 0.3) is 0 Å². The van der Waals surface area contributed by atoms with E-state index < -0.39 is 0 Å². The van der Waals surface area contributed by atoms with E-state index in [-0.39, 0.29) is 0 Å². The van der Waals surface area contributed by atoms with E-state index in [1.54, 1.807) is 11.3 Å². The van der Waals surface area contributed by atoms with Crippen molar-refractivity contribution in [2.24, 2.45) is 0 Å². The topological polar surface area (TPSA) is 35.8 Å². The van der Waals surface area contributed by atoms with Crippen LogP contribution in [-0.4, -0.2) is 0 Å². The van der Waals surface area contributed by atoms with Gasteiger partial charge in [0.05, 0.1) is 11.3 Å². The van der Waals surface area contributed by atoms with Crippen LogP contribution < -0.4 is 5.32 Å². The van der Waals surface area contributed by atoms with Gasteiger partial charge in [0.15, 0.2) is 0 Å². The van der Waals surface area contributed by atoms with E-state index in [1.165, 1.54) is 15.3 Å². The van der Waals surface area contributed by atoms with E-state index in [2.05, 4.69) is 47.2 Å². The van der Waals surface area contributed by atoms with Gasteiger partial charge >= 0.3 is 0 Å². The number of halogens is 1. The van der Waals surface area contributed by atoms with E-state index in [1.807, 2.05) is 18.2 Å². The lowest BCUT2D eigenvalue weighted by Gasteiger charge is -2.07. The molecule has 0 aliphatic carbocycles. The van der Waals surface area contributed by atoms with Gasteiger partial charge in [0.2, 0.25) is 0 Å². The molecular formula is C14H13BrN2S. The summed E-state index contributed by atoms with van der Waals surface area (Å²) in [5.41, 5.74) is 2.85. The van der Waals surface area contributed by atoms with Crippen molar-refractivity contribution in [1.29, 1.82) is 5.26 Å². The largest absolute Gasteiger partial charge is 0.379 e. The maximum Gasteiger partial charge on any atom is 0.103 e. The Labute approximate surface area is 119 Å². The summed E-state index contributed by atoms with van der Waals surface area (Å²) in [5.74, 6) is 0. The molecule has 2 aromatic rings. The Morgan fingerprint density at radius 3 is 2.78 bits per heavy atom. The minimum atomic E-state index is 0.655. The highest BCUT2D eigenvalue weighted by Crippen LogP contribution is 2.26. The molecular weight excluding hydrogens is 308 g/mol. The first-order valence-corrected chi connectivity index (χ1v) is 7.21. The van der Waals surface area contributed by atoms with Crippen molar-refractivity contribution in [3.8, 4) is 6.07 Å². The second kappa shape index (κ2) is 5.55. The molecule has 92 valence electrons. The molecule has 0 unspecified atom stereocenters. The lowest BCUT2D eigenvalue weighted by Crippen LogP contribution is -2.00. The Morgan fingerprint density at radius 2 is 2.17 bits per heavy atom. The molecule has 0 amide bonds. The van der Waals surface area contributed by atoms with E-state index >= 15 is 0 Å². The van der Waals surface area contributed by atoms with Crippen molar-refractivity contribution in [2.75, 3.05) is 5.32 Å². The second-order valence-corrected chi connectivity index (χ2v) is 6.27. The number of anilines is 1. The summed E-state index contributed by atoms with van der Waals surface area (Å²) in [6, 6.07) is 10.1. The smallest absolute Gasteiger partial charge is 0.103 e. The van der Waals surface area contributed by atoms with E-state index in [0.717, 1.165) is 16.7 Å². The standard InChI is InChI=1S/C14H13BrN2S/c1-9-6-11(18-10(9)2)8-17-14-5-3-4-13(15)12(14)7-16/h3-6,17H,8H2,1-2H3. The zero-order valence-electron chi connectivity index (χ0n) is 10.2. The molecule has 2 rings (SSSR count). The third-order valence-corrected chi connectivity index (χ3v) is 4.61. The number of hydrogen-bond donors (Lipinski definition) is 1. The fourth-order valence-corrected chi connectivity index (χ4v) is 3.15. The Hall–Kier alpha value is -1.31. The van der Waals surface area contributed by atoms with Crippen LogP contribution in [-0.2, 0) is 6.54 Å². The Balaban J connectivity index is 2.16. The summed E-state index contributed by atoms with van der Waals surface area (Å²) in [5, 5.41) is 12.4. The van der Waals surface area contributed by atoms with Crippen molar-refractivity contribution in [2.45, 2.75) is 20.4 Å². The average Bonchev–Trinajstić information content (AvgIpc) is 2.66. The molecule has 1 N–H and O–H groups in total. The van der Waals surface area contributed by atoms with Gasteiger partial charge in [0, 0.05) is 20.8 Å². The summed E-state index contributed by atoms with van der Waals surface area (Å²) >= 11 is 5.18. The van der Waals surface area contributed by atoms with E-state index in [9.17, 15) is 0 Å². The third kappa shape index (κ3) is 2.74. The molecule has 0 bridgehead atoms. The van der Waals surface area contributed by atoms with Gasteiger partial charge in [-0.25, -0.2) is 0 Å². The van der Waals surface area contributed by atoms with Crippen LogP contribution >= 0.6 is 27.3 Å². The number of nitrogens with one attached hydrogen (secondary N) is 1. The fourth-order valence-electron chi connectivity index (χ4n) is 1.70. The summed E-state index contributed by atoms with van der Waals surface area (Å²) in [6.45, 7) is 5.00. The number of benzene rings is 1. The van der Waals surface area contributed by atoms with Gasteiger partial charge in [-0.05, 0) is 53.5 Å². The van der Waals surface area contributed by atoms with Gasteiger partial charge < -0.3 is 5.32 Å². The van der Waals surface area contributed by atoms with Crippen LogP contribution in [0.15, 0.2) is 28.7 Å². The first kappa shape index (κ1) is 13.1. The maximum absolute atomic E-state index is 9.13. The fraction of sp³-hybridized carbons (Fsp3) is 0.214. The lowest BCUT2D eigenvalue weighted by atomic mass is 10.2. The van der Waals surface area contributed by atoms with Crippen molar-refractivity contribution >= 4 is 33.0 Å². The SMILES string of the molecule is Cc1cc(CNc2cccc(Br)c2C#N)sc1C. The molecule has 0 atom stereocenters. The van der Waals surface area contributed by atoms with Gasteiger partial charge in [0.25, 0.3) is 0 Å². The molecule has 0 saturated heterocycles. The van der Waals surface area contributed by atoms with Crippen LogP contribution in [0.4, 0.5) is 5.69 Å². The summed E-state index contributed by atoms with van der Waals surface area (Å²) < 4.78 is 0.827. The number of thiophene rings is 1. The Morgan fingerprint density at radius 1 is 1.39 bits per heavy atom. The molecule has 18 heavy (non-hydrogen) atoms. The van der Waals surface area contributed by atoms with Crippen LogP contribution in [0.1, 0.15) is 20.9 Å². The van der Waals surface area contributed by atoms with Crippen LogP contribution in [0.2, 0.25) is 0 Å². The number of nitrogens with zero attached hydrogens (tertiary/aromatic N) is 1. The minimum absolute atomic E-state index is 0.655. The monoisotopic (exact) mass is 320 g/mol. The van der Waals surface area contributed by atoms with Crippen LogP contribution in [0, 0.1) is 25.2 Å². The zero-order chi connectivity index (χ0) is 13.1. The third-order valence-electron chi connectivity index (χ3n) is 2.80. The Bertz CT molecular complexity index is 591. The second-order valence-electron chi connectivity index (χ2n) is 4.08. The van der Waals surface area contributed by atoms with Crippen LogP contribution in [0.5, 0.6) is 0 Å². The molecule has 0 aliphatic heterocycles. The summed E-state index contributed by atoms with van der Waals surface area (Å²) in [7, 11) is 0. The average molecular weight is 321 g/mol. The minimum Gasteiger partial charge on any atom is -0.379 e. The van der Waals surface area contributed by atoms with Gasteiger partial charge in [-0.1, -0.05) is 6.07 Å².